The van der Waals surface area contributed by atoms with E-state index in [2.05, 4.69) is 89.8 Å². The van der Waals surface area contributed by atoms with E-state index in [1.165, 1.54) is 44.3 Å². The number of rotatable bonds is 6. The highest BCUT2D eigenvalue weighted by Gasteiger charge is 2.57. The monoisotopic (exact) mass is 600 g/mol. The molecule has 236 valence electrons. The largest absolute Gasteiger partial charge is 0.329 e. The first-order chi connectivity index (χ1) is 19.4. The van der Waals surface area contributed by atoms with Gasteiger partial charge in [-0.3, -0.25) is 14.2 Å². The summed E-state index contributed by atoms with van der Waals surface area (Å²) in [7, 11) is -3.08. The van der Waals surface area contributed by atoms with Crippen molar-refractivity contribution in [2.75, 3.05) is 13.1 Å². The second-order valence-corrected chi connectivity index (χ2v) is 18.3. The highest BCUT2D eigenvalue weighted by molar-refractivity contribution is 7.62. The molecular formula is C34H57N4O3P. The second-order valence-electron chi connectivity index (χ2n) is 15.8. The summed E-state index contributed by atoms with van der Waals surface area (Å²) < 4.78 is 20.3. The van der Waals surface area contributed by atoms with E-state index >= 15 is 4.57 Å². The van der Waals surface area contributed by atoms with Crippen LogP contribution in [0.3, 0.4) is 0 Å². The van der Waals surface area contributed by atoms with Gasteiger partial charge in [0.05, 0.1) is 0 Å². The van der Waals surface area contributed by atoms with E-state index in [1.54, 1.807) is 0 Å². The third kappa shape index (κ3) is 6.13. The van der Waals surface area contributed by atoms with Crippen molar-refractivity contribution in [1.82, 2.24) is 19.1 Å². The average molecular weight is 601 g/mol. The van der Waals surface area contributed by atoms with Crippen LogP contribution in [0, 0.1) is 5.92 Å². The lowest BCUT2D eigenvalue weighted by Crippen LogP contribution is -2.65. The number of allylic oxidation sites excluding steroid dienone is 1. The predicted molar refractivity (Wildman–Crippen MR) is 173 cm³/mol. The van der Waals surface area contributed by atoms with Gasteiger partial charge in [0.1, 0.15) is 0 Å². The summed E-state index contributed by atoms with van der Waals surface area (Å²) in [6.07, 6.45) is 14.3. The van der Waals surface area contributed by atoms with E-state index in [1.807, 2.05) is 9.80 Å². The molecule has 3 saturated heterocycles. The standard InChI is InChI=1S/C34H57N4O3P/c1-11-29(39)37-31(3,4)22-27(23-32(37,5)6)35-19-20-36(42(35,41)21-18-26-16-14-13-15-17-26)28-24-33(7,8)38(30(40)12-2)34(9,10)25-28/h11-12,18,21,26-28H,1-2,13-17,19-20,22-25H2,3-10H3. The highest BCUT2D eigenvalue weighted by Crippen LogP contribution is 2.64. The van der Waals surface area contributed by atoms with Crippen LogP contribution in [0.4, 0.5) is 0 Å². The van der Waals surface area contributed by atoms with Gasteiger partial charge in [0.2, 0.25) is 19.3 Å². The minimum atomic E-state index is -3.08. The van der Waals surface area contributed by atoms with Gasteiger partial charge in [-0.1, -0.05) is 38.5 Å². The Labute approximate surface area is 255 Å². The van der Waals surface area contributed by atoms with Crippen LogP contribution in [-0.4, -0.2) is 78.3 Å². The van der Waals surface area contributed by atoms with Gasteiger partial charge < -0.3 is 9.80 Å². The summed E-state index contributed by atoms with van der Waals surface area (Å²) >= 11 is 0. The van der Waals surface area contributed by atoms with Crippen LogP contribution < -0.4 is 0 Å². The van der Waals surface area contributed by atoms with Crippen molar-refractivity contribution in [3.05, 3.63) is 37.2 Å². The maximum Gasteiger partial charge on any atom is 0.246 e. The van der Waals surface area contributed by atoms with Gasteiger partial charge in [0, 0.05) is 53.1 Å². The quantitative estimate of drug-likeness (QED) is 0.236. The van der Waals surface area contributed by atoms with Crippen molar-refractivity contribution < 1.29 is 14.2 Å². The molecule has 0 radical (unpaired) electrons. The predicted octanol–water partition coefficient (Wildman–Crippen LogP) is 7.36. The molecule has 4 fully saturated rings. The molecule has 2 amide bonds. The van der Waals surface area contributed by atoms with Gasteiger partial charge in [0.25, 0.3) is 0 Å². The van der Waals surface area contributed by atoms with E-state index in [0.717, 1.165) is 38.8 Å². The summed E-state index contributed by atoms with van der Waals surface area (Å²) in [5, 5.41) is 0. The van der Waals surface area contributed by atoms with Gasteiger partial charge in [0.15, 0.2) is 0 Å². The Morgan fingerprint density at radius 2 is 1.02 bits per heavy atom. The fraction of sp³-hybridized carbons (Fsp3) is 0.765. The van der Waals surface area contributed by atoms with Gasteiger partial charge in [-0.15, -0.1) is 0 Å². The lowest BCUT2D eigenvalue weighted by atomic mass is 9.76. The van der Waals surface area contributed by atoms with E-state index in [-0.39, 0.29) is 23.9 Å². The van der Waals surface area contributed by atoms with Crippen LogP contribution in [-0.2, 0) is 14.2 Å². The first-order valence-corrected chi connectivity index (χ1v) is 17.8. The zero-order valence-electron chi connectivity index (χ0n) is 27.7. The van der Waals surface area contributed by atoms with E-state index in [0.29, 0.717) is 5.92 Å². The number of hydrogen-bond acceptors (Lipinski definition) is 3. The van der Waals surface area contributed by atoms with Crippen LogP contribution in [0.2, 0.25) is 0 Å². The highest BCUT2D eigenvalue weighted by atomic mass is 31.2. The summed E-state index contributed by atoms with van der Waals surface area (Å²) in [4.78, 5) is 30.0. The molecule has 4 aliphatic rings. The summed E-state index contributed by atoms with van der Waals surface area (Å²) in [5.41, 5.74) is -1.60. The molecular weight excluding hydrogens is 543 g/mol. The van der Waals surface area contributed by atoms with Crippen molar-refractivity contribution in [1.29, 1.82) is 0 Å². The Morgan fingerprint density at radius 1 is 0.667 bits per heavy atom. The van der Waals surface area contributed by atoms with Crippen LogP contribution >= 0.6 is 7.44 Å². The third-order valence-electron chi connectivity index (χ3n) is 10.5. The average Bonchev–Trinajstić information content (AvgIpc) is 3.22. The van der Waals surface area contributed by atoms with E-state index in [9.17, 15) is 9.59 Å². The Balaban J connectivity index is 1.71. The zero-order valence-corrected chi connectivity index (χ0v) is 28.6. The maximum absolute atomic E-state index is 15.7. The van der Waals surface area contributed by atoms with Crippen molar-refractivity contribution >= 4 is 19.3 Å². The Kier molecular flexibility index (Phi) is 9.23. The Hall–Kier alpha value is -1.69. The zero-order chi connectivity index (χ0) is 31.3. The molecule has 0 unspecified atom stereocenters. The molecule has 0 aromatic carbocycles. The first-order valence-electron chi connectivity index (χ1n) is 16.2. The topological polar surface area (TPSA) is 64.2 Å². The van der Waals surface area contributed by atoms with Crippen molar-refractivity contribution in [2.45, 2.75) is 147 Å². The molecule has 4 rings (SSSR count). The lowest BCUT2D eigenvalue weighted by molar-refractivity contribution is -0.146. The number of nitrogens with zero attached hydrogens (tertiary/aromatic N) is 4. The number of amides is 2. The number of carbonyl (C=O) groups is 2. The van der Waals surface area contributed by atoms with Gasteiger partial charge in [-0.25, -0.2) is 9.34 Å². The molecule has 0 N–H and O–H groups in total. The molecule has 1 aliphatic carbocycles. The minimum absolute atomic E-state index is 0.0443. The molecule has 0 spiro atoms. The van der Waals surface area contributed by atoms with Crippen molar-refractivity contribution in [3.63, 3.8) is 0 Å². The third-order valence-corrected chi connectivity index (χ3v) is 13.6. The summed E-state index contributed by atoms with van der Waals surface area (Å²) in [5.74, 6) is 2.50. The molecule has 1 saturated carbocycles. The molecule has 8 heteroatoms. The fourth-order valence-electron chi connectivity index (χ4n) is 9.46. The molecule has 3 heterocycles. The molecule has 0 atom stereocenters. The minimum Gasteiger partial charge on any atom is -0.329 e. The first kappa shape index (κ1) is 33.2. The normalized spacial score (nSPS) is 28.7. The SMILES string of the molecule is C=CC(=O)N1C(C)(C)CC(N2CCN(C3CC(C)(C)N(C(=O)C=C)C(C)(C)C3)P2(=O)C=CC2CCCCC2)CC1(C)C. The number of hydrogen-bond donors (Lipinski definition) is 0. The molecule has 0 aromatic rings. The van der Waals surface area contributed by atoms with Crippen LogP contribution in [0.5, 0.6) is 0 Å². The van der Waals surface area contributed by atoms with Crippen LogP contribution in [0.25, 0.3) is 0 Å². The Morgan fingerprint density at radius 3 is 1.36 bits per heavy atom. The number of likely N-dealkylation sites (tertiary alicyclic amines) is 2. The molecule has 3 aliphatic heterocycles. The smallest absolute Gasteiger partial charge is 0.246 e. The summed E-state index contributed by atoms with van der Waals surface area (Å²) in [6.45, 7) is 26.1. The molecule has 0 bridgehead atoms. The van der Waals surface area contributed by atoms with Crippen LogP contribution in [0.1, 0.15) is 113 Å². The van der Waals surface area contributed by atoms with E-state index < -0.39 is 29.6 Å². The van der Waals surface area contributed by atoms with Crippen molar-refractivity contribution in [3.8, 4) is 0 Å². The number of carbonyl (C=O) groups excluding carboxylic acids is 2. The maximum atomic E-state index is 15.7. The molecule has 42 heavy (non-hydrogen) atoms. The van der Waals surface area contributed by atoms with Gasteiger partial charge >= 0.3 is 0 Å². The van der Waals surface area contributed by atoms with Crippen molar-refractivity contribution in [2.24, 2.45) is 5.92 Å². The lowest BCUT2D eigenvalue weighted by Gasteiger charge is -2.58. The van der Waals surface area contributed by atoms with E-state index in [4.69, 9.17) is 0 Å². The van der Waals surface area contributed by atoms with Gasteiger partial charge in [-0.05, 0) is 112 Å². The van der Waals surface area contributed by atoms with Gasteiger partial charge in [-0.2, -0.15) is 0 Å². The second kappa shape index (κ2) is 11.7. The fourth-order valence-corrected chi connectivity index (χ4v) is 12.6. The molecule has 7 nitrogen and oxygen atoms in total. The Bertz CT molecular complexity index is 1040. The molecule has 0 aromatic heterocycles. The summed E-state index contributed by atoms with van der Waals surface area (Å²) in [6, 6.07) is 0.165. The number of piperidine rings is 2. The van der Waals surface area contributed by atoms with Crippen LogP contribution in [0.15, 0.2) is 37.2 Å².